The van der Waals surface area contributed by atoms with Crippen LogP contribution >= 0.6 is 7.82 Å². The fourth-order valence-corrected chi connectivity index (χ4v) is 9.81. The van der Waals surface area contributed by atoms with Gasteiger partial charge in [0.1, 0.15) is 6.61 Å². The zero-order chi connectivity index (χ0) is 55.9. The number of rotatable bonds is 60. The van der Waals surface area contributed by atoms with Crippen molar-refractivity contribution in [2.45, 2.75) is 302 Å². The molecule has 0 heterocycles. The summed E-state index contributed by atoms with van der Waals surface area (Å²) >= 11 is 0. The normalized spacial score (nSPS) is 13.6. The van der Waals surface area contributed by atoms with Crippen molar-refractivity contribution in [1.82, 2.24) is 0 Å². The Hall–Kier alpha value is -2.81. The quantitative estimate of drug-likeness (QED) is 0.0264. The third-order valence-electron chi connectivity index (χ3n) is 13.8. The molecule has 0 fully saturated rings. The van der Waals surface area contributed by atoms with Crippen molar-refractivity contribution < 1.29 is 37.6 Å². The van der Waals surface area contributed by atoms with E-state index in [2.05, 4.69) is 98.9 Å². The molecule has 0 saturated heterocycles. The summed E-state index contributed by atoms with van der Waals surface area (Å²) in [6.07, 6.45) is 82.2. The lowest BCUT2D eigenvalue weighted by molar-refractivity contribution is -0.161. The summed E-state index contributed by atoms with van der Waals surface area (Å²) < 4.78 is 33.1. The molecule has 0 radical (unpaired) electrons. The molecule has 9 nitrogen and oxygen atoms in total. The molecule has 446 valence electrons. The molecule has 0 aliphatic rings. The highest BCUT2D eigenvalue weighted by molar-refractivity contribution is 7.47. The van der Waals surface area contributed by atoms with Gasteiger partial charge in [0.25, 0.3) is 0 Å². The number of hydrogen-bond donors (Lipinski definition) is 2. The van der Waals surface area contributed by atoms with Crippen LogP contribution in [0.5, 0.6) is 0 Å². The number of esters is 2. The Kier molecular flexibility index (Phi) is 60.1. The largest absolute Gasteiger partial charge is 0.472 e. The zero-order valence-corrected chi connectivity index (χ0v) is 50.8. The van der Waals surface area contributed by atoms with Gasteiger partial charge in [-0.05, 0) is 89.9 Å². The number of ether oxygens (including phenoxy) is 2. The van der Waals surface area contributed by atoms with Crippen LogP contribution in [0.15, 0.2) is 85.1 Å². The molecule has 0 spiro atoms. The first kappa shape index (κ1) is 74.2. The van der Waals surface area contributed by atoms with Crippen molar-refractivity contribution in [2.75, 3.05) is 26.4 Å². The Bertz CT molecular complexity index is 1530. The van der Waals surface area contributed by atoms with Gasteiger partial charge in [0.15, 0.2) is 6.10 Å². The van der Waals surface area contributed by atoms with Crippen molar-refractivity contribution in [1.29, 1.82) is 0 Å². The van der Waals surface area contributed by atoms with E-state index in [0.717, 1.165) is 77.0 Å². The fourth-order valence-electron chi connectivity index (χ4n) is 9.05. The van der Waals surface area contributed by atoms with Gasteiger partial charge >= 0.3 is 19.8 Å². The standard InChI is InChI=1S/C67H120NO8P/c1-3-5-7-9-11-13-15-17-19-21-23-25-27-29-31-32-34-36-38-40-42-44-46-48-50-52-54-56-58-60-67(70)76-65(64-75-77(71,72)74-62-61-68)63-73-66(69)59-57-55-53-51-49-47-45-43-41-39-37-35-33-30-28-26-24-22-20-18-16-14-12-10-8-6-4-2/h5,7,11,13,16-19,22-25,28,30,65H,3-4,6,8-10,12,14-15,20-21,26-27,29,31-64,68H2,1-2H3,(H,71,72)/b7-5-,13-11-,18-16-,19-17-,24-22-,25-23-,30-28-. The molecule has 0 amide bonds. The summed E-state index contributed by atoms with van der Waals surface area (Å²) in [5.74, 6) is -0.822. The molecule has 10 heteroatoms. The number of unbranched alkanes of at least 4 members (excludes halogenated alkanes) is 33. The van der Waals surface area contributed by atoms with E-state index in [0.29, 0.717) is 6.42 Å². The summed E-state index contributed by atoms with van der Waals surface area (Å²) in [7, 11) is -4.39. The molecular weight excluding hydrogens is 978 g/mol. The molecule has 0 rings (SSSR count). The highest BCUT2D eigenvalue weighted by Crippen LogP contribution is 2.43. The first-order chi connectivity index (χ1) is 37.8. The lowest BCUT2D eigenvalue weighted by atomic mass is 10.0. The fraction of sp³-hybridized carbons (Fsp3) is 0.761. The van der Waals surface area contributed by atoms with Gasteiger partial charge in [-0.15, -0.1) is 0 Å². The lowest BCUT2D eigenvalue weighted by Crippen LogP contribution is -2.29. The average molecular weight is 1100 g/mol. The van der Waals surface area contributed by atoms with Crippen LogP contribution in [0.1, 0.15) is 296 Å². The molecule has 2 unspecified atom stereocenters. The van der Waals surface area contributed by atoms with Crippen LogP contribution in [-0.4, -0.2) is 49.3 Å². The van der Waals surface area contributed by atoms with E-state index in [9.17, 15) is 19.0 Å². The number of carbonyl (C=O) groups excluding carboxylic acids is 2. The van der Waals surface area contributed by atoms with Crippen molar-refractivity contribution in [3.05, 3.63) is 85.1 Å². The van der Waals surface area contributed by atoms with E-state index in [-0.39, 0.29) is 38.6 Å². The molecule has 0 aromatic rings. The highest BCUT2D eigenvalue weighted by atomic mass is 31.2. The van der Waals surface area contributed by atoms with Crippen LogP contribution in [0.25, 0.3) is 0 Å². The van der Waals surface area contributed by atoms with Crippen molar-refractivity contribution in [3.63, 3.8) is 0 Å². The highest BCUT2D eigenvalue weighted by Gasteiger charge is 2.26. The molecule has 0 saturated carbocycles. The van der Waals surface area contributed by atoms with Crippen LogP contribution in [0.2, 0.25) is 0 Å². The summed E-state index contributed by atoms with van der Waals surface area (Å²) in [6.45, 7) is 3.65. The predicted molar refractivity (Wildman–Crippen MR) is 330 cm³/mol. The SMILES string of the molecule is CC/C=C\C/C=C\C/C=C\C/C=C\CCCCCCCCCCCCCCCCCCC(=O)OC(COC(=O)CCCCCCCCCCCCCC/C=C\C/C=C\C/C=C\CCCCCCC)COP(=O)(O)OCCN. The van der Waals surface area contributed by atoms with Crippen LogP contribution in [-0.2, 0) is 32.7 Å². The number of carbonyl (C=O) groups is 2. The molecule has 0 aliphatic carbocycles. The minimum Gasteiger partial charge on any atom is -0.462 e. The molecule has 3 N–H and O–H groups in total. The van der Waals surface area contributed by atoms with Crippen LogP contribution in [0, 0.1) is 0 Å². The van der Waals surface area contributed by atoms with Gasteiger partial charge in [-0.2, -0.15) is 0 Å². The summed E-state index contributed by atoms with van der Waals surface area (Å²) in [5.41, 5.74) is 5.39. The van der Waals surface area contributed by atoms with E-state index < -0.39 is 26.5 Å². The first-order valence-corrected chi connectivity index (χ1v) is 33.6. The number of phosphoric acid groups is 1. The topological polar surface area (TPSA) is 134 Å². The molecule has 0 aliphatic heterocycles. The number of phosphoric ester groups is 1. The monoisotopic (exact) mass is 1100 g/mol. The zero-order valence-electron chi connectivity index (χ0n) is 49.9. The van der Waals surface area contributed by atoms with E-state index in [1.54, 1.807) is 0 Å². The second-order valence-electron chi connectivity index (χ2n) is 21.2. The molecular formula is C67H120NO8P. The Morgan fingerprint density at radius 2 is 0.714 bits per heavy atom. The Balaban J connectivity index is 3.92. The molecule has 0 bridgehead atoms. The number of allylic oxidation sites excluding steroid dienone is 14. The van der Waals surface area contributed by atoms with E-state index >= 15 is 0 Å². The van der Waals surface area contributed by atoms with Crippen LogP contribution in [0.4, 0.5) is 0 Å². The summed E-state index contributed by atoms with van der Waals surface area (Å²) in [6, 6.07) is 0. The van der Waals surface area contributed by atoms with E-state index in [1.807, 2.05) is 0 Å². The summed E-state index contributed by atoms with van der Waals surface area (Å²) in [4.78, 5) is 35.3. The van der Waals surface area contributed by atoms with Gasteiger partial charge in [-0.25, -0.2) is 4.57 Å². The molecule has 77 heavy (non-hydrogen) atoms. The van der Waals surface area contributed by atoms with Gasteiger partial charge in [-0.1, -0.05) is 279 Å². The maximum Gasteiger partial charge on any atom is 0.472 e. The maximum absolute atomic E-state index is 12.7. The molecule has 0 aromatic heterocycles. The number of hydrogen-bond acceptors (Lipinski definition) is 8. The van der Waals surface area contributed by atoms with Gasteiger partial charge < -0.3 is 20.1 Å². The van der Waals surface area contributed by atoms with Crippen molar-refractivity contribution >= 4 is 19.8 Å². The van der Waals surface area contributed by atoms with Gasteiger partial charge in [0, 0.05) is 19.4 Å². The average Bonchev–Trinajstić information content (AvgIpc) is 3.42. The number of nitrogens with two attached hydrogens (primary N) is 1. The predicted octanol–water partition coefficient (Wildman–Crippen LogP) is 20.6. The van der Waals surface area contributed by atoms with E-state index in [4.69, 9.17) is 24.3 Å². The van der Waals surface area contributed by atoms with Crippen LogP contribution < -0.4 is 5.73 Å². The minimum atomic E-state index is -4.39. The lowest BCUT2D eigenvalue weighted by Gasteiger charge is -2.19. The third kappa shape index (κ3) is 62.3. The Morgan fingerprint density at radius 3 is 1.06 bits per heavy atom. The van der Waals surface area contributed by atoms with Crippen molar-refractivity contribution in [2.24, 2.45) is 5.73 Å². The second kappa shape index (κ2) is 62.4. The second-order valence-corrected chi connectivity index (χ2v) is 22.7. The maximum atomic E-state index is 12.7. The van der Waals surface area contributed by atoms with Crippen LogP contribution in [0.3, 0.4) is 0 Å². The Labute approximate surface area is 474 Å². The smallest absolute Gasteiger partial charge is 0.462 e. The van der Waals surface area contributed by atoms with Gasteiger partial charge in [0.05, 0.1) is 13.2 Å². The van der Waals surface area contributed by atoms with E-state index in [1.165, 1.54) is 186 Å². The van der Waals surface area contributed by atoms with Crippen molar-refractivity contribution in [3.8, 4) is 0 Å². The van der Waals surface area contributed by atoms with Gasteiger partial charge in [0.2, 0.25) is 0 Å². The first-order valence-electron chi connectivity index (χ1n) is 32.1. The molecule has 0 aromatic carbocycles. The minimum absolute atomic E-state index is 0.0512. The Morgan fingerprint density at radius 1 is 0.403 bits per heavy atom. The molecule has 2 atom stereocenters. The third-order valence-corrected chi connectivity index (χ3v) is 14.7. The summed E-state index contributed by atoms with van der Waals surface area (Å²) in [5, 5.41) is 0. The van der Waals surface area contributed by atoms with Gasteiger partial charge in [-0.3, -0.25) is 18.6 Å².